The van der Waals surface area contributed by atoms with Crippen molar-refractivity contribution in [1.82, 2.24) is 10.2 Å². The summed E-state index contributed by atoms with van der Waals surface area (Å²) in [6, 6.07) is 12.0. The molecule has 3 nitrogen and oxygen atoms in total. The molecule has 0 saturated carbocycles. The SMILES string of the molecule is CC(C)Oc1cccc(-c2ccc(C(C)C)nn2)c1. The van der Waals surface area contributed by atoms with Gasteiger partial charge >= 0.3 is 0 Å². The Bertz CT molecular complexity index is 533. The number of ether oxygens (including phenoxy) is 1. The maximum Gasteiger partial charge on any atom is 0.120 e. The molecular weight excluding hydrogens is 236 g/mol. The molecule has 1 heterocycles. The predicted octanol–water partition coefficient (Wildman–Crippen LogP) is 4.05. The minimum absolute atomic E-state index is 0.171. The van der Waals surface area contributed by atoms with Gasteiger partial charge in [-0.05, 0) is 44.0 Å². The highest BCUT2D eigenvalue weighted by atomic mass is 16.5. The summed E-state index contributed by atoms with van der Waals surface area (Å²) in [4.78, 5) is 0. The smallest absolute Gasteiger partial charge is 0.120 e. The van der Waals surface area contributed by atoms with E-state index in [1.807, 2.05) is 50.2 Å². The summed E-state index contributed by atoms with van der Waals surface area (Å²) < 4.78 is 5.69. The molecule has 0 aliphatic rings. The average Bonchev–Trinajstić information content (AvgIpc) is 2.38. The zero-order chi connectivity index (χ0) is 13.8. The highest BCUT2D eigenvalue weighted by molar-refractivity contribution is 5.60. The van der Waals surface area contributed by atoms with E-state index in [4.69, 9.17) is 4.74 Å². The summed E-state index contributed by atoms with van der Waals surface area (Å²) >= 11 is 0. The van der Waals surface area contributed by atoms with E-state index in [0.29, 0.717) is 5.92 Å². The molecule has 0 aliphatic heterocycles. The second-order valence-electron chi connectivity index (χ2n) is 5.19. The molecule has 0 spiro atoms. The lowest BCUT2D eigenvalue weighted by atomic mass is 10.1. The Morgan fingerprint density at radius 1 is 0.947 bits per heavy atom. The number of benzene rings is 1. The summed E-state index contributed by atoms with van der Waals surface area (Å²) in [6.07, 6.45) is 0.171. The highest BCUT2D eigenvalue weighted by Crippen LogP contribution is 2.23. The fourth-order valence-electron chi connectivity index (χ4n) is 1.81. The van der Waals surface area contributed by atoms with Gasteiger partial charge in [-0.15, -0.1) is 0 Å². The van der Waals surface area contributed by atoms with Gasteiger partial charge in [-0.1, -0.05) is 26.0 Å². The van der Waals surface area contributed by atoms with E-state index < -0.39 is 0 Å². The minimum Gasteiger partial charge on any atom is -0.491 e. The van der Waals surface area contributed by atoms with Crippen molar-refractivity contribution in [2.24, 2.45) is 0 Å². The third kappa shape index (κ3) is 3.53. The second kappa shape index (κ2) is 5.83. The van der Waals surface area contributed by atoms with Crippen LogP contribution in [0, 0.1) is 0 Å². The lowest BCUT2D eigenvalue weighted by Crippen LogP contribution is -2.05. The summed E-state index contributed by atoms with van der Waals surface area (Å²) in [5.41, 5.74) is 2.91. The maximum absolute atomic E-state index is 5.69. The molecule has 1 aromatic heterocycles. The first kappa shape index (κ1) is 13.5. The Labute approximate surface area is 114 Å². The van der Waals surface area contributed by atoms with Crippen LogP contribution in [0.25, 0.3) is 11.3 Å². The molecule has 0 atom stereocenters. The van der Waals surface area contributed by atoms with E-state index in [2.05, 4.69) is 24.0 Å². The molecule has 100 valence electrons. The Morgan fingerprint density at radius 2 is 1.74 bits per heavy atom. The van der Waals surface area contributed by atoms with Crippen LogP contribution in [0.15, 0.2) is 36.4 Å². The minimum atomic E-state index is 0.171. The summed E-state index contributed by atoms with van der Waals surface area (Å²) in [6.45, 7) is 8.26. The van der Waals surface area contributed by atoms with Crippen LogP contribution in [0.1, 0.15) is 39.3 Å². The van der Waals surface area contributed by atoms with E-state index in [1.54, 1.807) is 0 Å². The van der Waals surface area contributed by atoms with Gasteiger partial charge in [-0.2, -0.15) is 10.2 Å². The van der Waals surface area contributed by atoms with Crippen molar-refractivity contribution < 1.29 is 4.74 Å². The van der Waals surface area contributed by atoms with Crippen molar-refractivity contribution in [2.45, 2.75) is 39.7 Å². The van der Waals surface area contributed by atoms with E-state index in [9.17, 15) is 0 Å². The lowest BCUT2D eigenvalue weighted by Gasteiger charge is -2.10. The molecule has 0 fully saturated rings. The third-order valence-corrected chi connectivity index (χ3v) is 2.78. The van der Waals surface area contributed by atoms with Crippen LogP contribution in [0.5, 0.6) is 5.75 Å². The molecule has 0 bridgehead atoms. The van der Waals surface area contributed by atoms with Crippen LogP contribution in [0.3, 0.4) is 0 Å². The molecule has 0 radical (unpaired) electrons. The van der Waals surface area contributed by atoms with Gasteiger partial charge in [0.15, 0.2) is 0 Å². The van der Waals surface area contributed by atoms with Crippen molar-refractivity contribution in [3.8, 4) is 17.0 Å². The van der Waals surface area contributed by atoms with Crippen LogP contribution in [-0.4, -0.2) is 16.3 Å². The number of nitrogens with zero attached hydrogens (tertiary/aromatic N) is 2. The molecule has 0 aliphatic carbocycles. The summed E-state index contributed by atoms with van der Waals surface area (Å²) in [5.74, 6) is 1.26. The Hall–Kier alpha value is -1.90. The second-order valence-corrected chi connectivity index (χ2v) is 5.19. The fraction of sp³-hybridized carbons (Fsp3) is 0.375. The van der Waals surface area contributed by atoms with Gasteiger partial charge < -0.3 is 4.74 Å². The number of hydrogen-bond donors (Lipinski definition) is 0. The van der Waals surface area contributed by atoms with Crippen LogP contribution < -0.4 is 4.74 Å². The van der Waals surface area contributed by atoms with Crippen molar-refractivity contribution in [1.29, 1.82) is 0 Å². The zero-order valence-electron chi connectivity index (χ0n) is 11.9. The van der Waals surface area contributed by atoms with E-state index >= 15 is 0 Å². The Morgan fingerprint density at radius 3 is 2.32 bits per heavy atom. The Kier molecular flexibility index (Phi) is 4.15. The van der Waals surface area contributed by atoms with Gasteiger partial charge in [0.2, 0.25) is 0 Å². The number of hydrogen-bond acceptors (Lipinski definition) is 3. The Balaban J connectivity index is 2.26. The fourth-order valence-corrected chi connectivity index (χ4v) is 1.81. The average molecular weight is 256 g/mol. The topological polar surface area (TPSA) is 35.0 Å². The zero-order valence-corrected chi connectivity index (χ0v) is 11.9. The van der Waals surface area contributed by atoms with Crippen LogP contribution in [-0.2, 0) is 0 Å². The molecule has 0 saturated heterocycles. The van der Waals surface area contributed by atoms with Crippen LogP contribution in [0.4, 0.5) is 0 Å². The van der Waals surface area contributed by atoms with Gasteiger partial charge in [0.25, 0.3) is 0 Å². The number of rotatable bonds is 4. The molecule has 1 aromatic carbocycles. The van der Waals surface area contributed by atoms with Crippen molar-refractivity contribution in [2.75, 3.05) is 0 Å². The van der Waals surface area contributed by atoms with Gasteiger partial charge in [0, 0.05) is 5.56 Å². The molecule has 19 heavy (non-hydrogen) atoms. The largest absolute Gasteiger partial charge is 0.491 e. The number of aromatic nitrogens is 2. The first-order chi connectivity index (χ1) is 9.06. The third-order valence-electron chi connectivity index (χ3n) is 2.78. The van der Waals surface area contributed by atoms with Crippen LogP contribution >= 0.6 is 0 Å². The molecule has 0 N–H and O–H groups in total. The lowest BCUT2D eigenvalue weighted by molar-refractivity contribution is 0.242. The standard InChI is InChI=1S/C16H20N2O/c1-11(2)15-8-9-16(18-17-15)13-6-5-7-14(10-13)19-12(3)4/h5-12H,1-4H3. The summed E-state index contributed by atoms with van der Waals surface area (Å²) in [7, 11) is 0. The predicted molar refractivity (Wildman–Crippen MR) is 77.3 cm³/mol. The van der Waals surface area contributed by atoms with Gasteiger partial charge in [0.1, 0.15) is 5.75 Å². The quantitative estimate of drug-likeness (QED) is 0.827. The molecule has 3 heteroatoms. The van der Waals surface area contributed by atoms with E-state index in [1.165, 1.54) is 0 Å². The van der Waals surface area contributed by atoms with Crippen molar-refractivity contribution in [3.63, 3.8) is 0 Å². The van der Waals surface area contributed by atoms with Gasteiger partial charge in [0.05, 0.1) is 17.5 Å². The monoisotopic (exact) mass is 256 g/mol. The van der Waals surface area contributed by atoms with E-state index in [0.717, 1.165) is 22.7 Å². The molecule has 0 unspecified atom stereocenters. The maximum atomic E-state index is 5.69. The van der Waals surface area contributed by atoms with E-state index in [-0.39, 0.29) is 6.10 Å². The molecule has 2 rings (SSSR count). The normalized spacial score (nSPS) is 11.1. The van der Waals surface area contributed by atoms with Gasteiger partial charge in [-0.3, -0.25) is 0 Å². The van der Waals surface area contributed by atoms with Crippen molar-refractivity contribution in [3.05, 3.63) is 42.1 Å². The van der Waals surface area contributed by atoms with Crippen LogP contribution in [0.2, 0.25) is 0 Å². The highest BCUT2D eigenvalue weighted by Gasteiger charge is 2.05. The van der Waals surface area contributed by atoms with Gasteiger partial charge in [-0.25, -0.2) is 0 Å². The molecular formula is C16H20N2O. The summed E-state index contributed by atoms with van der Waals surface area (Å²) in [5, 5.41) is 8.54. The van der Waals surface area contributed by atoms with Crippen molar-refractivity contribution >= 4 is 0 Å². The first-order valence-electron chi connectivity index (χ1n) is 6.67. The molecule has 2 aromatic rings. The first-order valence-corrected chi connectivity index (χ1v) is 6.67. The molecule has 0 amide bonds.